The number of ether oxygens (including phenoxy) is 3. The van der Waals surface area contributed by atoms with Crippen LogP contribution in [0.3, 0.4) is 0 Å². The zero-order valence-corrected chi connectivity index (χ0v) is 17.3. The number of hydrogen-bond donors (Lipinski definition) is 1. The van der Waals surface area contributed by atoms with Crippen LogP contribution in [0.25, 0.3) is 0 Å². The summed E-state index contributed by atoms with van der Waals surface area (Å²) in [6.07, 6.45) is 0.769. The van der Waals surface area contributed by atoms with Gasteiger partial charge in [0.2, 0.25) is 0 Å². The van der Waals surface area contributed by atoms with Crippen molar-refractivity contribution in [3.63, 3.8) is 0 Å². The first-order valence-corrected chi connectivity index (χ1v) is 10.3. The number of alkyl halides is 1. The molecule has 28 heavy (non-hydrogen) atoms. The van der Waals surface area contributed by atoms with Crippen LogP contribution in [0.5, 0.6) is 11.5 Å². The summed E-state index contributed by atoms with van der Waals surface area (Å²) in [5.41, 5.74) is 2.15. The molecule has 0 bridgehead atoms. The van der Waals surface area contributed by atoms with E-state index in [9.17, 15) is 9.50 Å². The van der Waals surface area contributed by atoms with Gasteiger partial charge in [0.25, 0.3) is 0 Å². The average molecular weight is 393 g/mol. The van der Waals surface area contributed by atoms with Crippen molar-refractivity contribution in [2.24, 2.45) is 5.92 Å². The van der Waals surface area contributed by atoms with Gasteiger partial charge < -0.3 is 19.3 Å². The molecule has 0 spiro atoms. The lowest BCUT2D eigenvalue weighted by Gasteiger charge is -2.46. The molecule has 4 rings (SSSR count). The molecule has 1 aromatic carbocycles. The summed E-state index contributed by atoms with van der Waals surface area (Å²) < 4.78 is 30.7. The van der Waals surface area contributed by atoms with Gasteiger partial charge in [0, 0.05) is 25.0 Å². The van der Waals surface area contributed by atoms with Crippen molar-refractivity contribution in [3.05, 3.63) is 23.3 Å². The SMILES string of the molecule is COc1cc2c(cc1OC[C@H]1C[C@@H]1F)CCN1C[C@@H](OC(C)(C)C)[C@H](O)C[C@H]21. The molecule has 2 aliphatic heterocycles. The van der Waals surface area contributed by atoms with E-state index >= 15 is 0 Å². The number of aliphatic hydroxyl groups excluding tert-OH is 1. The Labute approximate surface area is 166 Å². The van der Waals surface area contributed by atoms with Gasteiger partial charge in [-0.05, 0) is 63.3 Å². The molecule has 1 aliphatic carbocycles. The second-order valence-corrected chi connectivity index (χ2v) is 9.36. The summed E-state index contributed by atoms with van der Waals surface area (Å²) >= 11 is 0. The van der Waals surface area contributed by atoms with Crippen molar-refractivity contribution >= 4 is 0 Å². The minimum absolute atomic E-state index is 0.0180. The molecular formula is C22H32FNO4. The van der Waals surface area contributed by atoms with Crippen LogP contribution in [0.2, 0.25) is 0 Å². The second kappa shape index (κ2) is 7.47. The molecule has 0 unspecified atom stereocenters. The van der Waals surface area contributed by atoms with Crippen LogP contribution in [-0.4, -0.2) is 60.8 Å². The van der Waals surface area contributed by atoms with Crippen molar-refractivity contribution in [1.82, 2.24) is 4.90 Å². The fourth-order valence-corrected chi connectivity index (χ4v) is 4.41. The Morgan fingerprint density at radius 3 is 2.61 bits per heavy atom. The lowest BCUT2D eigenvalue weighted by Crippen LogP contribution is -2.53. The zero-order valence-electron chi connectivity index (χ0n) is 17.3. The Kier molecular flexibility index (Phi) is 5.31. The predicted molar refractivity (Wildman–Crippen MR) is 105 cm³/mol. The maximum absolute atomic E-state index is 13.1. The molecule has 1 saturated heterocycles. The highest BCUT2D eigenvalue weighted by atomic mass is 19.1. The molecule has 6 heteroatoms. The summed E-state index contributed by atoms with van der Waals surface area (Å²) in [7, 11) is 1.63. The van der Waals surface area contributed by atoms with E-state index < -0.39 is 12.3 Å². The lowest BCUT2D eigenvalue weighted by atomic mass is 9.84. The fourth-order valence-electron chi connectivity index (χ4n) is 4.41. The van der Waals surface area contributed by atoms with Crippen molar-refractivity contribution in [3.8, 4) is 11.5 Å². The monoisotopic (exact) mass is 393 g/mol. The van der Waals surface area contributed by atoms with Gasteiger partial charge in [0.15, 0.2) is 11.5 Å². The van der Waals surface area contributed by atoms with E-state index in [2.05, 4.69) is 4.90 Å². The molecule has 1 aromatic rings. The molecule has 0 amide bonds. The van der Waals surface area contributed by atoms with Gasteiger partial charge in [-0.2, -0.15) is 0 Å². The smallest absolute Gasteiger partial charge is 0.161 e. The van der Waals surface area contributed by atoms with Crippen LogP contribution >= 0.6 is 0 Å². The molecule has 2 heterocycles. The molecule has 3 aliphatic rings. The highest BCUT2D eigenvalue weighted by Crippen LogP contribution is 2.43. The quantitative estimate of drug-likeness (QED) is 0.832. The van der Waals surface area contributed by atoms with Gasteiger partial charge in [-0.1, -0.05) is 0 Å². The predicted octanol–water partition coefficient (Wildman–Crippen LogP) is 3.28. The molecule has 1 saturated carbocycles. The van der Waals surface area contributed by atoms with Gasteiger partial charge >= 0.3 is 0 Å². The van der Waals surface area contributed by atoms with Crippen molar-refractivity contribution in [1.29, 1.82) is 0 Å². The molecule has 5 atom stereocenters. The largest absolute Gasteiger partial charge is 0.493 e. The van der Waals surface area contributed by atoms with E-state index in [-0.39, 0.29) is 23.7 Å². The number of methoxy groups -OCH3 is 1. The fraction of sp³-hybridized carbons (Fsp3) is 0.727. The molecule has 5 nitrogen and oxygen atoms in total. The number of rotatable bonds is 5. The molecule has 1 N–H and O–H groups in total. The van der Waals surface area contributed by atoms with Gasteiger partial charge in [-0.15, -0.1) is 0 Å². The summed E-state index contributed by atoms with van der Waals surface area (Å²) in [5, 5.41) is 10.7. The number of hydrogen-bond acceptors (Lipinski definition) is 5. The van der Waals surface area contributed by atoms with E-state index in [0.717, 1.165) is 19.5 Å². The number of benzene rings is 1. The van der Waals surface area contributed by atoms with Crippen LogP contribution in [0, 0.1) is 5.92 Å². The van der Waals surface area contributed by atoms with Crippen LogP contribution in [0.1, 0.15) is 50.8 Å². The van der Waals surface area contributed by atoms with Crippen LogP contribution in [-0.2, 0) is 11.2 Å². The van der Waals surface area contributed by atoms with Gasteiger partial charge in [-0.3, -0.25) is 4.90 Å². The third-order valence-electron chi connectivity index (χ3n) is 6.00. The first-order valence-electron chi connectivity index (χ1n) is 10.3. The Balaban J connectivity index is 1.52. The highest BCUT2D eigenvalue weighted by Gasteiger charge is 2.41. The summed E-state index contributed by atoms with van der Waals surface area (Å²) in [6.45, 7) is 8.12. The van der Waals surface area contributed by atoms with Gasteiger partial charge in [0.1, 0.15) is 6.17 Å². The summed E-state index contributed by atoms with van der Waals surface area (Å²) in [4.78, 5) is 2.41. The highest BCUT2D eigenvalue weighted by molar-refractivity contribution is 5.49. The minimum Gasteiger partial charge on any atom is -0.493 e. The van der Waals surface area contributed by atoms with Crippen LogP contribution in [0.15, 0.2) is 12.1 Å². The van der Waals surface area contributed by atoms with Crippen LogP contribution < -0.4 is 9.47 Å². The van der Waals surface area contributed by atoms with E-state index in [0.29, 0.717) is 30.9 Å². The number of halogens is 1. The first kappa shape index (κ1) is 19.9. The maximum atomic E-state index is 13.1. The van der Waals surface area contributed by atoms with E-state index in [1.165, 1.54) is 11.1 Å². The zero-order chi connectivity index (χ0) is 20.1. The summed E-state index contributed by atoms with van der Waals surface area (Å²) in [6, 6.07) is 4.24. The van der Waals surface area contributed by atoms with E-state index in [1.54, 1.807) is 7.11 Å². The number of nitrogens with zero attached hydrogens (tertiary/aromatic N) is 1. The van der Waals surface area contributed by atoms with Crippen molar-refractivity contribution in [2.45, 2.75) is 70.1 Å². The Morgan fingerprint density at radius 1 is 1.21 bits per heavy atom. The minimum atomic E-state index is -0.718. The van der Waals surface area contributed by atoms with E-state index in [4.69, 9.17) is 14.2 Å². The maximum Gasteiger partial charge on any atom is 0.161 e. The van der Waals surface area contributed by atoms with Crippen LogP contribution in [0.4, 0.5) is 4.39 Å². The lowest BCUT2D eigenvalue weighted by molar-refractivity contribution is -0.149. The topological polar surface area (TPSA) is 51.2 Å². The third-order valence-corrected chi connectivity index (χ3v) is 6.00. The third kappa shape index (κ3) is 4.14. The molecule has 156 valence electrons. The van der Waals surface area contributed by atoms with Gasteiger partial charge in [0.05, 0.1) is 31.5 Å². The van der Waals surface area contributed by atoms with Crippen molar-refractivity contribution in [2.75, 3.05) is 26.8 Å². The molecular weight excluding hydrogens is 361 g/mol. The molecule has 2 fully saturated rings. The number of fused-ring (bicyclic) bond motifs is 3. The molecule has 0 radical (unpaired) electrons. The average Bonchev–Trinajstić information content (AvgIpc) is 3.34. The Bertz CT molecular complexity index is 719. The normalized spacial score (nSPS) is 32.4. The standard InChI is InChI=1S/C22H32FNO4/c1-22(2,3)28-21-11-24-6-5-13-8-20(27-12-14-7-16(14)23)19(26-4)9-15(13)17(24)10-18(21)25/h8-9,14,16-18,21,25H,5-7,10-12H2,1-4H3/t14-,16+,17-,18-,21-/m1/s1. The van der Waals surface area contributed by atoms with E-state index in [1.807, 2.05) is 32.9 Å². The molecule has 0 aromatic heterocycles. The summed E-state index contributed by atoms with van der Waals surface area (Å²) in [5.74, 6) is 1.39. The number of aliphatic hydroxyl groups is 1. The first-order chi connectivity index (χ1) is 13.2. The van der Waals surface area contributed by atoms with Gasteiger partial charge in [-0.25, -0.2) is 4.39 Å². The van der Waals surface area contributed by atoms with Crippen molar-refractivity contribution < 1.29 is 23.7 Å². The Morgan fingerprint density at radius 2 is 1.96 bits per heavy atom. The Hall–Kier alpha value is -1.37. The second-order valence-electron chi connectivity index (χ2n) is 9.36. The number of piperidine rings is 1.